The first kappa shape index (κ1) is 17.6. The molecule has 2 nitrogen and oxygen atoms in total. The molecular formula is C14H24Cl3NO. The van der Waals surface area contributed by atoms with Crippen molar-refractivity contribution in [2.75, 3.05) is 31.4 Å². The van der Waals surface area contributed by atoms with E-state index in [1.807, 2.05) is 0 Å². The van der Waals surface area contributed by atoms with Gasteiger partial charge in [-0.3, -0.25) is 4.79 Å². The summed E-state index contributed by atoms with van der Waals surface area (Å²) in [5, 5.41) is 0. The van der Waals surface area contributed by atoms with E-state index in [9.17, 15) is 4.79 Å². The second-order valence-electron chi connectivity index (χ2n) is 6.42. The van der Waals surface area contributed by atoms with Gasteiger partial charge in [-0.2, -0.15) is 0 Å². The Balaban J connectivity index is 0.00000180. The van der Waals surface area contributed by atoms with E-state index in [0.29, 0.717) is 23.5 Å². The van der Waals surface area contributed by atoms with Crippen LogP contribution in [0.2, 0.25) is 0 Å². The molecule has 0 saturated heterocycles. The minimum absolute atomic E-state index is 0. The Labute approximate surface area is 132 Å². The fourth-order valence-corrected chi connectivity index (χ4v) is 4.71. The number of fused-ring (bicyclic) bond motifs is 2. The molecule has 2 aliphatic carbocycles. The van der Waals surface area contributed by atoms with Crippen molar-refractivity contribution in [3.05, 3.63) is 0 Å². The molecule has 2 rings (SSSR count). The number of ketones is 1. The van der Waals surface area contributed by atoms with Gasteiger partial charge in [0.25, 0.3) is 0 Å². The Morgan fingerprint density at radius 1 is 1.26 bits per heavy atom. The lowest BCUT2D eigenvalue weighted by Gasteiger charge is -2.38. The molecule has 2 fully saturated rings. The first-order valence-electron chi connectivity index (χ1n) is 6.97. The predicted molar refractivity (Wildman–Crippen MR) is 75.6 cm³/mol. The normalized spacial score (nSPS) is 36.9. The van der Waals surface area contributed by atoms with Crippen molar-refractivity contribution < 1.29 is 22.1 Å². The van der Waals surface area contributed by atoms with Gasteiger partial charge in [0.15, 0.2) is 0 Å². The molecule has 19 heavy (non-hydrogen) atoms. The van der Waals surface area contributed by atoms with E-state index < -0.39 is 0 Å². The van der Waals surface area contributed by atoms with E-state index >= 15 is 0 Å². The number of alkyl halides is 2. The molecular weight excluding hydrogens is 305 g/mol. The quantitative estimate of drug-likeness (QED) is 0.605. The smallest absolute Gasteiger partial charge is 0.139 e. The number of carbonyl (C=O) groups excluding carboxylic acids is 1. The SMILES string of the molecule is CC12CCC(CC1=O)C2(C)C[NH+](CCCl)CCCl.[Cl-]. The Hall–Kier alpha value is 0.500. The summed E-state index contributed by atoms with van der Waals surface area (Å²) in [5.41, 5.74) is 0.0546. The monoisotopic (exact) mass is 327 g/mol. The molecule has 112 valence electrons. The largest absolute Gasteiger partial charge is 1.00 e. The fraction of sp³-hybridized carbons (Fsp3) is 0.929. The van der Waals surface area contributed by atoms with Gasteiger partial charge in [-0.05, 0) is 18.8 Å². The van der Waals surface area contributed by atoms with Gasteiger partial charge in [0.1, 0.15) is 5.78 Å². The summed E-state index contributed by atoms with van der Waals surface area (Å²) >= 11 is 11.8. The molecule has 0 aromatic heterocycles. The van der Waals surface area contributed by atoms with Gasteiger partial charge in [0.05, 0.1) is 31.4 Å². The molecule has 0 aliphatic heterocycles. The zero-order chi connectivity index (χ0) is 13.4. The van der Waals surface area contributed by atoms with Crippen molar-refractivity contribution in [2.45, 2.75) is 33.1 Å². The first-order valence-corrected chi connectivity index (χ1v) is 8.03. The Kier molecular flexibility index (Phi) is 6.01. The highest BCUT2D eigenvalue weighted by Gasteiger charge is 2.65. The maximum absolute atomic E-state index is 12.2. The molecule has 3 atom stereocenters. The van der Waals surface area contributed by atoms with Gasteiger partial charge < -0.3 is 17.3 Å². The number of Topliss-reactive ketones (excluding diaryl/α,β-unsaturated/α-hetero) is 1. The fourth-order valence-electron chi connectivity index (χ4n) is 4.18. The zero-order valence-electron chi connectivity index (χ0n) is 11.8. The molecule has 0 aromatic carbocycles. The molecule has 2 bridgehead atoms. The highest BCUT2D eigenvalue weighted by molar-refractivity contribution is 6.18. The number of quaternary nitrogens is 1. The predicted octanol–water partition coefficient (Wildman–Crippen LogP) is -1.25. The van der Waals surface area contributed by atoms with E-state index in [0.717, 1.165) is 32.5 Å². The minimum atomic E-state index is -0.0957. The third-order valence-corrected chi connectivity index (χ3v) is 6.09. The third-order valence-electron chi connectivity index (χ3n) is 5.71. The molecule has 0 amide bonds. The second kappa shape index (κ2) is 6.51. The van der Waals surface area contributed by atoms with Crippen molar-refractivity contribution in [1.29, 1.82) is 0 Å². The van der Waals surface area contributed by atoms with Gasteiger partial charge >= 0.3 is 0 Å². The van der Waals surface area contributed by atoms with Crippen LogP contribution in [0.1, 0.15) is 33.1 Å². The Morgan fingerprint density at radius 3 is 2.21 bits per heavy atom. The third kappa shape index (κ3) is 2.79. The van der Waals surface area contributed by atoms with Crippen LogP contribution in [-0.2, 0) is 4.79 Å². The summed E-state index contributed by atoms with van der Waals surface area (Å²) in [6, 6.07) is 0. The number of halogens is 3. The van der Waals surface area contributed by atoms with Crippen molar-refractivity contribution >= 4 is 29.0 Å². The number of nitrogens with one attached hydrogen (secondary N) is 1. The van der Waals surface area contributed by atoms with Crippen LogP contribution < -0.4 is 17.3 Å². The second-order valence-corrected chi connectivity index (χ2v) is 7.17. The number of rotatable bonds is 6. The van der Waals surface area contributed by atoms with E-state index in [1.54, 1.807) is 0 Å². The van der Waals surface area contributed by atoms with Crippen LogP contribution in [-0.4, -0.2) is 37.2 Å². The minimum Gasteiger partial charge on any atom is -1.00 e. The van der Waals surface area contributed by atoms with Gasteiger partial charge in [0, 0.05) is 17.3 Å². The Morgan fingerprint density at radius 2 is 1.84 bits per heavy atom. The molecule has 2 saturated carbocycles. The maximum Gasteiger partial charge on any atom is 0.139 e. The topological polar surface area (TPSA) is 21.5 Å². The molecule has 0 aromatic rings. The molecule has 0 spiro atoms. The van der Waals surface area contributed by atoms with Gasteiger partial charge in [-0.25, -0.2) is 0 Å². The number of hydrogen-bond donors (Lipinski definition) is 1. The van der Waals surface area contributed by atoms with Crippen LogP contribution in [0.5, 0.6) is 0 Å². The summed E-state index contributed by atoms with van der Waals surface area (Å²) in [6.45, 7) is 7.43. The van der Waals surface area contributed by atoms with E-state index in [-0.39, 0.29) is 23.2 Å². The average Bonchev–Trinajstić information content (AvgIpc) is 2.64. The van der Waals surface area contributed by atoms with Crippen molar-refractivity contribution in [3.8, 4) is 0 Å². The van der Waals surface area contributed by atoms with E-state index in [4.69, 9.17) is 23.2 Å². The first-order chi connectivity index (χ1) is 8.48. The van der Waals surface area contributed by atoms with E-state index in [2.05, 4.69) is 13.8 Å². The zero-order valence-corrected chi connectivity index (χ0v) is 14.0. The lowest BCUT2D eigenvalue weighted by molar-refractivity contribution is -0.903. The van der Waals surface area contributed by atoms with Gasteiger partial charge in [0.2, 0.25) is 0 Å². The standard InChI is InChI=1S/C14H23Cl2NO.ClH/c1-13-4-3-11(9-12(13)18)14(13,2)10-17(7-5-15)8-6-16;/h11H,3-10H2,1-2H3;1H. The van der Waals surface area contributed by atoms with Gasteiger partial charge in [-0.1, -0.05) is 13.8 Å². The molecule has 2 aliphatic rings. The highest BCUT2D eigenvalue weighted by atomic mass is 35.5. The lowest BCUT2D eigenvalue weighted by atomic mass is 9.68. The molecule has 0 radical (unpaired) electrons. The molecule has 3 unspecified atom stereocenters. The van der Waals surface area contributed by atoms with Crippen molar-refractivity contribution in [1.82, 2.24) is 0 Å². The summed E-state index contributed by atoms with van der Waals surface area (Å²) < 4.78 is 0. The van der Waals surface area contributed by atoms with Crippen LogP contribution in [0.25, 0.3) is 0 Å². The van der Waals surface area contributed by atoms with Crippen molar-refractivity contribution in [3.63, 3.8) is 0 Å². The molecule has 1 N–H and O–H groups in total. The summed E-state index contributed by atoms with van der Waals surface area (Å²) in [7, 11) is 0. The summed E-state index contributed by atoms with van der Waals surface area (Å²) in [5.74, 6) is 2.39. The summed E-state index contributed by atoms with van der Waals surface area (Å²) in [6.07, 6.45) is 3.08. The van der Waals surface area contributed by atoms with Crippen LogP contribution in [0.4, 0.5) is 0 Å². The number of carbonyl (C=O) groups is 1. The molecule has 0 heterocycles. The van der Waals surface area contributed by atoms with E-state index in [1.165, 1.54) is 11.3 Å². The van der Waals surface area contributed by atoms with Crippen LogP contribution in [0.15, 0.2) is 0 Å². The van der Waals surface area contributed by atoms with Crippen LogP contribution in [0, 0.1) is 16.7 Å². The lowest BCUT2D eigenvalue weighted by Crippen LogP contribution is -3.14. The average molecular weight is 329 g/mol. The van der Waals surface area contributed by atoms with Crippen LogP contribution in [0.3, 0.4) is 0 Å². The highest BCUT2D eigenvalue weighted by Crippen LogP contribution is 2.63. The molecule has 5 heteroatoms. The van der Waals surface area contributed by atoms with Crippen LogP contribution >= 0.6 is 23.2 Å². The Bertz CT molecular complexity index is 333. The summed E-state index contributed by atoms with van der Waals surface area (Å²) in [4.78, 5) is 13.7. The maximum atomic E-state index is 12.2. The van der Waals surface area contributed by atoms with Gasteiger partial charge in [-0.15, -0.1) is 23.2 Å². The van der Waals surface area contributed by atoms with Crippen molar-refractivity contribution in [2.24, 2.45) is 16.7 Å². The number of hydrogen-bond acceptors (Lipinski definition) is 1.